The van der Waals surface area contributed by atoms with Crippen LogP contribution in [0.3, 0.4) is 0 Å². The molecule has 134 valence electrons. The Morgan fingerprint density at radius 1 is 1.15 bits per heavy atom. The number of amides is 1. The molecule has 1 saturated heterocycles. The van der Waals surface area contributed by atoms with Crippen molar-refractivity contribution in [1.82, 2.24) is 24.7 Å². The molecule has 0 atom stereocenters. The Hall–Kier alpha value is -2.96. The molecule has 0 spiro atoms. The van der Waals surface area contributed by atoms with Gasteiger partial charge in [-0.05, 0) is 49.9 Å². The normalized spacial score (nSPS) is 14.6. The number of hydrogen-bond acceptors (Lipinski definition) is 5. The molecule has 7 heteroatoms. The highest BCUT2D eigenvalue weighted by molar-refractivity contribution is 5.94. The SMILES string of the molecule is Cc1cc(NCc2ccc(C(=O)N3CCCCC3)cc2)c2nncn2n1. The van der Waals surface area contributed by atoms with Crippen LogP contribution >= 0.6 is 0 Å². The third-order valence-corrected chi connectivity index (χ3v) is 4.72. The monoisotopic (exact) mass is 350 g/mol. The minimum Gasteiger partial charge on any atom is -0.378 e. The second-order valence-electron chi connectivity index (χ2n) is 6.70. The fourth-order valence-corrected chi connectivity index (χ4v) is 3.32. The zero-order valence-electron chi connectivity index (χ0n) is 14.9. The second-order valence-corrected chi connectivity index (χ2v) is 6.70. The van der Waals surface area contributed by atoms with E-state index >= 15 is 0 Å². The highest BCUT2D eigenvalue weighted by atomic mass is 16.2. The number of nitrogens with one attached hydrogen (secondary N) is 1. The minimum atomic E-state index is 0.138. The molecule has 2 aromatic heterocycles. The van der Waals surface area contributed by atoms with Gasteiger partial charge in [0.25, 0.3) is 5.91 Å². The molecule has 0 saturated carbocycles. The fraction of sp³-hybridized carbons (Fsp3) is 0.368. The number of benzene rings is 1. The molecule has 0 unspecified atom stereocenters. The number of carbonyl (C=O) groups excluding carboxylic acids is 1. The van der Waals surface area contributed by atoms with Gasteiger partial charge in [0.1, 0.15) is 6.33 Å². The first-order chi connectivity index (χ1) is 12.7. The first-order valence-electron chi connectivity index (χ1n) is 9.00. The van der Waals surface area contributed by atoms with Crippen molar-refractivity contribution in [2.24, 2.45) is 0 Å². The van der Waals surface area contributed by atoms with E-state index in [-0.39, 0.29) is 5.91 Å². The lowest BCUT2D eigenvalue weighted by atomic mass is 10.1. The lowest BCUT2D eigenvalue weighted by Crippen LogP contribution is -2.35. The Morgan fingerprint density at radius 3 is 2.69 bits per heavy atom. The van der Waals surface area contributed by atoms with Crippen LogP contribution in [0.1, 0.15) is 40.9 Å². The molecule has 0 aliphatic carbocycles. The van der Waals surface area contributed by atoms with E-state index in [0.717, 1.165) is 48.4 Å². The summed E-state index contributed by atoms with van der Waals surface area (Å²) < 4.78 is 1.66. The average molecular weight is 350 g/mol. The Kier molecular flexibility index (Phi) is 4.51. The summed E-state index contributed by atoms with van der Waals surface area (Å²) in [6, 6.07) is 9.79. The number of carbonyl (C=O) groups is 1. The fourth-order valence-electron chi connectivity index (χ4n) is 3.32. The van der Waals surface area contributed by atoms with Crippen molar-refractivity contribution >= 4 is 17.2 Å². The van der Waals surface area contributed by atoms with Crippen molar-refractivity contribution in [3.63, 3.8) is 0 Å². The molecule has 3 heterocycles. The third-order valence-electron chi connectivity index (χ3n) is 4.72. The van der Waals surface area contributed by atoms with Gasteiger partial charge < -0.3 is 10.2 Å². The molecule has 1 N–H and O–H groups in total. The summed E-state index contributed by atoms with van der Waals surface area (Å²) in [5.41, 5.74) is 4.35. The minimum absolute atomic E-state index is 0.138. The van der Waals surface area contributed by atoms with Crippen molar-refractivity contribution in [1.29, 1.82) is 0 Å². The number of piperidine rings is 1. The van der Waals surface area contributed by atoms with Gasteiger partial charge in [-0.3, -0.25) is 4.79 Å². The number of aromatic nitrogens is 4. The van der Waals surface area contributed by atoms with Crippen LogP contribution < -0.4 is 5.32 Å². The molecule has 3 aromatic rings. The topological polar surface area (TPSA) is 75.4 Å². The van der Waals surface area contributed by atoms with E-state index in [1.807, 2.05) is 42.2 Å². The van der Waals surface area contributed by atoms with E-state index in [2.05, 4.69) is 20.6 Å². The number of likely N-dealkylation sites (tertiary alicyclic amines) is 1. The van der Waals surface area contributed by atoms with Crippen LogP contribution in [0.25, 0.3) is 5.65 Å². The standard InChI is InChI=1S/C19H22N6O/c1-14-11-17(18-22-21-13-25(18)23-14)20-12-15-5-7-16(8-6-15)19(26)24-9-3-2-4-10-24/h5-8,11,13,20H,2-4,9-10,12H2,1H3. The van der Waals surface area contributed by atoms with Crippen molar-refractivity contribution in [3.8, 4) is 0 Å². The lowest BCUT2D eigenvalue weighted by Gasteiger charge is -2.26. The summed E-state index contributed by atoms with van der Waals surface area (Å²) in [6.45, 7) is 4.32. The number of hydrogen-bond donors (Lipinski definition) is 1. The number of nitrogens with zero attached hydrogens (tertiary/aromatic N) is 5. The molecule has 1 aliphatic heterocycles. The molecule has 1 fully saturated rings. The van der Waals surface area contributed by atoms with Gasteiger partial charge in [-0.2, -0.15) is 9.61 Å². The molecule has 1 aromatic carbocycles. The maximum Gasteiger partial charge on any atom is 0.253 e. The van der Waals surface area contributed by atoms with Crippen molar-refractivity contribution in [2.75, 3.05) is 18.4 Å². The molecule has 26 heavy (non-hydrogen) atoms. The van der Waals surface area contributed by atoms with Crippen LogP contribution in [-0.4, -0.2) is 43.7 Å². The van der Waals surface area contributed by atoms with E-state index in [0.29, 0.717) is 12.2 Å². The van der Waals surface area contributed by atoms with Gasteiger partial charge in [-0.25, -0.2) is 0 Å². The summed E-state index contributed by atoms with van der Waals surface area (Å²) in [7, 11) is 0. The smallest absolute Gasteiger partial charge is 0.253 e. The van der Waals surface area contributed by atoms with Gasteiger partial charge in [-0.1, -0.05) is 12.1 Å². The van der Waals surface area contributed by atoms with E-state index < -0.39 is 0 Å². The largest absolute Gasteiger partial charge is 0.378 e. The Balaban J connectivity index is 1.44. The number of aryl methyl sites for hydroxylation is 1. The second kappa shape index (κ2) is 7.11. The molecule has 7 nitrogen and oxygen atoms in total. The Bertz CT molecular complexity index is 911. The maximum atomic E-state index is 12.5. The zero-order chi connectivity index (χ0) is 17.9. The van der Waals surface area contributed by atoms with Gasteiger partial charge in [0.15, 0.2) is 0 Å². The maximum absolute atomic E-state index is 12.5. The van der Waals surface area contributed by atoms with Gasteiger partial charge >= 0.3 is 0 Å². The van der Waals surface area contributed by atoms with E-state index in [1.165, 1.54) is 6.42 Å². The van der Waals surface area contributed by atoms with Crippen molar-refractivity contribution in [2.45, 2.75) is 32.7 Å². The van der Waals surface area contributed by atoms with Gasteiger partial charge in [-0.15, -0.1) is 10.2 Å². The number of anilines is 1. The summed E-state index contributed by atoms with van der Waals surface area (Å²) in [5, 5.41) is 15.7. The van der Waals surface area contributed by atoms with Crippen LogP contribution in [0.15, 0.2) is 36.7 Å². The lowest BCUT2D eigenvalue weighted by molar-refractivity contribution is 0.0724. The highest BCUT2D eigenvalue weighted by Crippen LogP contribution is 2.17. The molecule has 1 amide bonds. The van der Waals surface area contributed by atoms with Gasteiger partial charge in [0.2, 0.25) is 5.65 Å². The van der Waals surface area contributed by atoms with E-state index in [1.54, 1.807) is 10.8 Å². The molecular weight excluding hydrogens is 328 g/mol. The van der Waals surface area contributed by atoms with Crippen molar-refractivity contribution in [3.05, 3.63) is 53.5 Å². The van der Waals surface area contributed by atoms with Crippen LogP contribution in [0.4, 0.5) is 5.69 Å². The van der Waals surface area contributed by atoms with Crippen LogP contribution in [0.2, 0.25) is 0 Å². The van der Waals surface area contributed by atoms with Crippen LogP contribution in [0.5, 0.6) is 0 Å². The van der Waals surface area contributed by atoms with Crippen LogP contribution in [0, 0.1) is 6.92 Å². The first kappa shape index (κ1) is 16.5. The molecule has 1 aliphatic rings. The summed E-state index contributed by atoms with van der Waals surface area (Å²) in [4.78, 5) is 14.5. The predicted molar refractivity (Wildman–Crippen MR) is 99.0 cm³/mol. The van der Waals surface area contributed by atoms with E-state index in [9.17, 15) is 4.79 Å². The first-order valence-corrected chi connectivity index (χ1v) is 9.00. The zero-order valence-corrected chi connectivity index (χ0v) is 14.9. The molecule has 4 rings (SSSR count). The third kappa shape index (κ3) is 3.37. The average Bonchev–Trinajstić information content (AvgIpc) is 3.15. The Morgan fingerprint density at radius 2 is 1.92 bits per heavy atom. The Labute approximate surface area is 152 Å². The summed E-state index contributed by atoms with van der Waals surface area (Å²) in [6.07, 6.45) is 5.03. The van der Waals surface area contributed by atoms with E-state index in [4.69, 9.17) is 0 Å². The summed E-state index contributed by atoms with van der Waals surface area (Å²) in [5.74, 6) is 0.138. The van der Waals surface area contributed by atoms with Crippen molar-refractivity contribution < 1.29 is 4.79 Å². The molecular formula is C19H22N6O. The number of rotatable bonds is 4. The number of fused-ring (bicyclic) bond motifs is 1. The molecule has 0 bridgehead atoms. The summed E-state index contributed by atoms with van der Waals surface area (Å²) >= 11 is 0. The molecule has 0 radical (unpaired) electrons. The highest BCUT2D eigenvalue weighted by Gasteiger charge is 2.17. The van der Waals surface area contributed by atoms with Gasteiger partial charge in [0, 0.05) is 25.2 Å². The van der Waals surface area contributed by atoms with Crippen LogP contribution in [-0.2, 0) is 6.54 Å². The predicted octanol–water partition coefficient (Wildman–Crippen LogP) is 2.67. The van der Waals surface area contributed by atoms with Gasteiger partial charge in [0.05, 0.1) is 11.4 Å². The quantitative estimate of drug-likeness (QED) is 0.783.